The van der Waals surface area contributed by atoms with Crippen LogP contribution in [0, 0.1) is 29.1 Å². The van der Waals surface area contributed by atoms with Crippen LogP contribution in [0.1, 0.15) is 92.6 Å². The molecule has 0 spiro atoms. The van der Waals surface area contributed by atoms with E-state index in [-0.39, 0.29) is 43.5 Å². The zero-order valence-corrected chi connectivity index (χ0v) is 35.3. The van der Waals surface area contributed by atoms with Crippen LogP contribution in [0.4, 0.5) is 0 Å². The molecule has 314 valence electrons. The normalized spacial score (nSPS) is 23.5. The van der Waals surface area contributed by atoms with Gasteiger partial charge in [-0.15, -0.1) is 18.3 Å². The molecule has 3 aromatic rings. The molecule has 1 saturated carbocycles. The highest BCUT2D eigenvalue weighted by molar-refractivity contribution is 7.99. The van der Waals surface area contributed by atoms with Crippen molar-refractivity contribution in [1.82, 2.24) is 4.90 Å². The highest BCUT2D eigenvalue weighted by Crippen LogP contribution is 2.62. The Balaban J connectivity index is 1.51. The number of unbranched alkanes of at least 4 members (excludes halogenated alkanes) is 2. The Hall–Kier alpha value is -4.60. The maximum absolute atomic E-state index is 14.8. The first-order valence-electron chi connectivity index (χ1n) is 21.2. The van der Waals surface area contributed by atoms with Crippen LogP contribution in [0.15, 0.2) is 107 Å². The summed E-state index contributed by atoms with van der Waals surface area (Å²) < 4.78 is 20.9. The van der Waals surface area contributed by atoms with Crippen molar-refractivity contribution in [3.8, 4) is 17.6 Å². The Bertz CT molecular complexity index is 1950. The summed E-state index contributed by atoms with van der Waals surface area (Å²) in [7, 11) is 0. The predicted molar refractivity (Wildman–Crippen MR) is 232 cm³/mol. The van der Waals surface area contributed by atoms with Crippen molar-refractivity contribution in [2.24, 2.45) is 22.9 Å². The fraction of sp³-hybridized carbons (Fsp3) is 0.479. The number of aliphatic hydroxyl groups excluding tert-OH is 2. The summed E-state index contributed by atoms with van der Waals surface area (Å²) in [5.41, 5.74) is 3.72. The number of amides is 1. The van der Waals surface area contributed by atoms with Crippen LogP contribution in [0.5, 0.6) is 11.5 Å². The molecule has 0 aromatic heterocycles. The fourth-order valence-electron chi connectivity index (χ4n) is 9.21. The molecule has 10 nitrogen and oxygen atoms in total. The number of thioether (sulfide) groups is 1. The standard InChI is InChI=1S/C48H59N3O7S/c1-4-24-51(47(54)35-20-18-34(33-49)19-21-35)44-32-42(50-57-6-3)40-30-36(14-10-12-25-52)39(17-11-13-26-53)45-41-31-37(55-28-29-59-38-15-8-7-9-16-38)22-23-43(41)58-48(44,46(40)45)56-27-5-2/h5,7-9,15-16,18-23,30-31,36,39,44-46,52-53H,2,4,6,10-14,17,24-29,32H2,1,3H3. The highest BCUT2D eigenvalue weighted by atomic mass is 32.2. The second-order valence-electron chi connectivity index (χ2n) is 15.4. The van der Waals surface area contributed by atoms with Crippen LogP contribution in [0.2, 0.25) is 0 Å². The first-order chi connectivity index (χ1) is 28.9. The molecule has 6 unspecified atom stereocenters. The van der Waals surface area contributed by atoms with Gasteiger partial charge in [0.15, 0.2) is 0 Å². The van der Waals surface area contributed by atoms with Crippen LogP contribution in [-0.2, 0) is 9.57 Å². The Morgan fingerprint density at radius 3 is 2.51 bits per heavy atom. The molecular formula is C48H59N3O7S. The number of carbonyl (C=O) groups excluding carboxylic acids is 1. The number of nitrogens with zero attached hydrogens (tertiary/aromatic N) is 3. The van der Waals surface area contributed by atoms with Gasteiger partial charge in [0, 0.05) is 53.9 Å². The molecule has 2 N–H and O–H groups in total. The second-order valence-corrected chi connectivity index (χ2v) is 16.6. The first-order valence-corrected chi connectivity index (χ1v) is 22.2. The van der Waals surface area contributed by atoms with Crippen molar-refractivity contribution in [3.05, 3.63) is 114 Å². The Morgan fingerprint density at radius 1 is 1.05 bits per heavy atom. The molecule has 1 aliphatic heterocycles. The van der Waals surface area contributed by atoms with Crippen LogP contribution >= 0.6 is 11.8 Å². The number of fused-ring (bicyclic) bond motifs is 2. The summed E-state index contributed by atoms with van der Waals surface area (Å²) in [6.45, 7) is 9.73. The molecule has 0 radical (unpaired) electrons. The van der Waals surface area contributed by atoms with E-state index in [1.165, 1.54) is 4.90 Å². The number of rotatable bonds is 22. The number of hydrogen-bond acceptors (Lipinski definition) is 10. The topological polar surface area (TPSA) is 134 Å². The molecule has 1 amide bonds. The number of nitriles is 1. The van der Waals surface area contributed by atoms with Gasteiger partial charge in [0.2, 0.25) is 5.79 Å². The number of allylic oxidation sites excluding steroid dienone is 1. The minimum atomic E-state index is -1.35. The molecule has 6 rings (SSSR count). The molecule has 1 fully saturated rings. The van der Waals surface area contributed by atoms with Gasteiger partial charge in [0.25, 0.3) is 5.91 Å². The van der Waals surface area contributed by atoms with E-state index in [9.17, 15) is 20.3 Å². The van der Waals surface area contributed by atoms with Gasteiger partial charge in [-0.25, -0.2) is 0 Å². The van der Waals surface area contributed by atoms with Gasteiger partial charge in [0.1, 0.15) is 24.1 Å². The third-order valence-corrected chi connectivity index (χ3v) is 12.7. The average molecular weight is 822 g/mol. The molecule has 2 aliphatic carbocycles. The SMILES string of the molecule is C=CCOC12Oc3ccc(OCCSc4ccccc4)cc3C3C(CCCCO)C(CCCCO)C=C(C(=NOCC)CC1N(CCC)C(=O)c1ccc(C#N)cc1)C32. The van der Waals surface area contributed by atoms with E-state index in [2.05, 4.69) is 36.9 Å². The Morgan fingerprint density at radius 2 is 1.81 bits per heavy atom. The number of carbonyl (C=O) groups is 1. The van der Waals surface area contributed by atoms with Crippen molar-refractivity contribution in [1.29, 1.82) is 5.26 Å². The first kappa shape index (κ1) is 44.0. The third kappa shape index (κ3) is 10.1. The van der Waals surface area contributed by atoms with E-state index in [0.29, 0.717) is 62.3 Å². The minimum absolute atomic E-state index is 0.105. The number of oxime groups is 1. The fourth-order valence-corrected chi connectivity index (χ4v) is 9.96. The Labute approximate surface area is 353 Å². The van der Waals surface area contributed by atoms with E-state index < -0.39 is 17.7 Å². The van der Waals surface area contributed by atoms with Crippen LogP contribution in [-0.4, -0.2) is 83.9 Å². The highest BCUT2D eigenvalue weighted by Gasteiger charge is 2.65. The van der Waals surface area contributed by atoms with Gasteiger partial charge >= 0.3 is 0 Å². The number of benzene rings is 3. The predicted octanol–water partition coefficient (Wildman–Crippen LogP) is 8.94. The average Bonchev–Trinajstić information content (AvgIpc) is 3.27. The zero-order valence-electron chi connectivity index (χ0n) is 34.5. The number of aliphatic hydroxyl groups is 2. The molecule has 1 heterocycles. The van der Waals surface area contributed by atoms with E-state index in [1.54, 1.807) is 42.1 Å². The molecule has 59 heavy (non-hydrogen) atoms. The lowest BCUT2D eigenvalue weighted by Crippen LogP contribution is -2.70. The van der Waals surface area contributed by atoms with Crippen LogP contribution in [0.3, 0.4) is 0 Å². The lowest BCUT2D eigenvalue weighted by atomic mass is 9.55. The monoisotopic (exact) mass is 821 g/mol. The van der Waals surface area contributed by atoms with Crippen molar-refractivity contribution >= 4 is 23.4 Å². The van der Waals surface area contributed by atoms with Crippen molar-refractivity contribution in [3.63, 3.8) is 0 Å². The van der Waals surface area contributed by atoms with Gasteiger partial charge < -0.3 is 34.2 Å². The van der Waals surface area contributed by atoms with Crippen LogP contribution < -0.4 is 9.47 Å². The van der Waals surface area contributed by atoms with E-state index >= 15 is 0 Å². The maximum Gasteiger partial charge on any atom is 0.254 e. The molecule has 0 bridgehead atoms. The Kier molecular flexibility index (Phi) is 16.1. The summed E-state index contributed by atoms with van der Waals surface area (Å²) >= 11 is 1.75. The van der Waals surface area contributed by atoms with Crippen molar-refractivity contribution in [2.75, 3.05) is 45.3 Å². The van der Waals surface area contributed by atoms with Gasteiger partial charge in [-0.05, 0) is 111 Å². The van der Waals surface area contributed by atoms with Gasteiger partial charge in [-0.1, -0.05) is 55.3 Å². The van der Waals surface area contributed by atoms with Gasteiger partial charge in [-0.2, -0.15) is 5.26 Å². The molecule has 11 heteroatoms. The minimum Gasteiger partial charge on any atom is -0.493 e. The molecular weight excluding hydrogens is 763 g/mol. The number of ether oxygens (including phenoxy) is 3. The lowest BCUT2D eigenvalue weighted by molar-refractivity contribution is -0.254. The summed E-state index contributed by atoms with van der Waals surface area (Å²) in [5.74, 6) is 0.361. The molecule has 3 aromatic carbocycles. The van der Waals surface area contributed by atoms with Crippen molar-refractivity contribution < 1.29 is 34.1 Å². The van der Waals surface area contributed by atoms with E-state index in [1.807, 2.05) is 49.1 Å². The van der Waals surface area contributed by atoms with Gasteiger partial charge in [0.05, 0.1) is 36.5 Å². The second kappa shape index (κ2) is 21.6. The van der Waals surface area contributed by atoms with Crippen molar-refractivity contribution in [2.45, 2.75) is 87.9 Å². The van der Waals surface area contributed by atoms with E-state index in [4.69, 9.17) is 24.2 Å². The summed E-state index contributed by atoms with van der Waals surface area (Å²) in [4.78, 5) is 23.7. The third-order valence-electron chi connectivity index (χ3n) is 11.7. The summed E-state index contributed by atoms with van der Waals surface area (Å²) in [6, 6.07) is 24.7. The zero-order chi connectivity index (χ0) is 41.6. The molecule has 6 atom stereocenters. The largest absolute Gasteiger partial charge is 0.493 e. The summed E-state index contributed by atoms with van der Waals surface area (Å²) in [5, 5.41) is 34.1. The smallest absolute Gasteiger partial charge is 0.254 e. The van der Waals surface area contributed by atoms with Crippen LogP contribution in [0.25, 0.3) is 0 Å². The maximum atomic E-state index is 14.8. The van der Waals surface area contributed by atoms with E-state index in [0.717, 1.165) is 54.0 Å². The molecule has 0 saturated heterocycles. The van der Waals surface area contributed by atoms with Gasteiger partial charge in [-0.3, -0.25) is 4.79 Å². The summed E-state index contributed by atoms with van der Waals surface area (Å²) in [6.07, 6.45) is 9.86. The lowest BCUT2D eigenvalue weighted by Gasteiger charge is -2.60. The molecule has 3 aliphatic rings. The number of hydrogen-bond donors (Lipinski definition) is 2. The quantitative estimate of drug-likeness (QED) is 0.0441.